The molecule has 7 nitrogen and oxygen atoms in total. The van der Waals surface area contributed by atoms with Crippen molar-refractivity contribution in [1.29, 1.82) is 0 Å². The maximum atomic E-state index is 13.6. The fourth-order valence-electron chi connectivity index (χ4n) is 3.26. The Morgan fingerprint density at radius 3 is 2.78 bits per heavy atom. The molecule has 0 aliphatic rings. The van der Waals surface area contributed by atoms with Crippen LogP contribution in [-0.4, -0.2) is 23.1 Å². The van der Waals surface area contributed by atoms with Crippen molar-refractivity contribution in [2.24, 2.45) is 4.99 Å². The normalized spacial score (nSPS) is 11.6. The molecule has 0 atom stereocenters. The maximum Gasteiger partial charge on any atom is 0.261 e. The van der Waals surface area contributed by atoms with Crippen LogP contribution in [0.5, 0.6) is 5.75 Å². The highest BCUT2D eigenvalue weighted by Gasteiger charge is 2.17. The quantitative estimate of drug-likeness (QED) is 0.490. The van der Waals surface area contributed by atoms with E-state index in [0.717, 1.165) is 0 Å². The van der Waals surface area contributed by atoms with Gasteiger partial charge in [-0.3, -0.25) is 9.78 Å². The molecule has 4 rings (SSSR count). The van der Waals surface area contributed by atoms with Crippen LogP contribution in [0.3, 0.4) is 0 Å². The van der Waals surface area contributed by atoms with Crippen molar-refractivity contribution >= 4 is 28.3 Å². The third-order valence-corrected chi connectivity index (χ3v) is 4.86. The lowest BCUT2D eigenvalue weighted by molar-refractivity contribution is 0.102. The number of pyridine rings is 1. The summed E-state index contributed by atoms with van der Waals surface area (Å²) in [4.78, 5) is 21.9. The van der Waals surface area contributed by atoms with Gasteiger partial charge in [-0.2, -0.15) is 0 Å². The van der Waals surface area contributed by atoms with Crippen molar-refractivity contribution in [2.45, 2.75) is 13.5 Å². The fourth-order valence-corrected chi connectivity index (χ4v) is 3.26. The second-order valence-electron chi connectivity index (χ2n) is 6.98. The predicted octanol–water partition coefficient (Wildman–Crippen LogP) is 4.26. The summed E-state index contributed by atoms with van der Waals surface area (Å²) in [5.74, 6) is -0.527. The van der Waals surface area contributed by atoms with Gasteiger partial charge in [-0.1, -0.05) is 18.2 Å². The number of halogens is 1. The maximum absolute atomic E-state index is 13.6. The first-order chi connectivity index (χ1) is 15.5. The first kappa shape index (κ1) is 21.2. The summed E-state index contributed by atoms with van der Waals surface area (Å²) in [5.41, 5.74) is 2.34. The SMILES string of the molecule is COc1ccccc1N=c1oc2c(C)ncc(CO)c2cc1C(=O)Nc1cccc(F)c1. The number of para-hydroxylation sites is 2. The summed E-state index contributed by atoms with van der Waals surface area (Å²) in [6.07, 6.45) is 1.53. The van der Waals surface area contributed by atoms with E-state index in [0.29, 0.717) is 33.7 Å². The monoisotopic (exact) mass is 433 g/mol. The molecule has 0 fully saturated rings. The van der Waals surface area contributed by atoms with E-state index in [1.165, 1.54) is 31.5 Å². The summed E-state index contributed by atoms with van der Waals surface area (Å²) in [6.45, 7) is 1.47. The van der Waals surface area contributed by atoms with Crippen molar-refractivity contribution in [3.63, 3.8) is 0 Å². The number of carbonyl (C=O) groups excluding carboxylic acids is 1. The van der Waals surface area contributed by atoms with Crippen LogP contribution in [-0.2, 0) is 6.61 Å². The zero-order valence-corrected chi connectivity index (χ0v) is 17.4. The van der Waals surface area contributed by atoms with E-state index in [1.807, 2.05) is 0 Å². The van der Waals surface area contributed by atoms with E-state index in [9.17, 15) is 14.3 Å². The number of aryl methyl sites for hydroxylation is 1. The van der Waals surface area contributed by atoms with Gasteiger partial charge in [0, 0.05) is 22.8 Å². The molecule has 162 valence electrons. The highest BCUT2D eigenvalue weighted by Crippen LogP contribution is 2.27. The van der Waals surface area contributed by atoms with Crippen LogP contribution < -0.4 is 15.6 Å². The van der Waals surface area contributed by atoms with E-state index in [1.54, 1.807) is 43.3 Å². The van der Waals surface area contributed by atoms with Gasteiger partial charge in [0.1, 0.15) is 22.8 Å². The average molecular weight is 433 g/mol. The van der Waals surface area contributed by atoms with Crippen LogP contribution in [0.2, 0.25) is 0 Å². The second kappa shape index (κ2) is 8.99. The van der Waals surface area contributed by atoms with Gasteiger partial charge in [-0.15, -0.1) is 0 Å². The first-order valence-corrected chi connectivity index (χ1v) is 9.78. The largest absolute Gasteiger partial charge is 0.494 e. The van der Waals surface area contributed by atoms with Crippen molar-refractivity contribution in [2.75, 3.05) is 12.4 Å². The molecular weight excluding hydrogens is 413 g/mol. The minimum Gasteiger partial charge on any atom is -0.494 e. The number of hydrogen-bond acceptors (Lipinski definition) is 6. The van der Waals surface area contributed by atoms with Gasteiger partial charge in [0.25, 0.3) is 5.91 Å². The number of nitrogens with zero attached hydrogens (tertiary/aromatic N) is 2. The molecule has 0 spiro atoms. The molecule has 2 heterocycles. The Bertz CT molecular complexity index is 1380. The molecule has 0 saturated carbocycles. The number of benzene rings is 2. The van der Waals surface area contributed by atoms with E-state index < -0.39 is 11.7 Å². The highest BCUT2D eigenvalue weighted by atomic mass is 19.1. The van der Waals surface area contributed by atoms with E-state index in [2.05, 4.69) is 15.3 Å². The lowest BCUT2D eigenvalue weighted by Gasteiger charge is -2.10. The van der Waals surface area contributed by atoms with Crippen molar-refractivity contribution < 1.29 is 23.4 Å². The third kappa shape index (κ3) is 4.21. The first-order valence-electron chi connectivity index (χ1n) is 9.78. The molecular formula is C24H20FN3O4. The zero-order chi connectivity index (χ0) is 22.7. The molecule has 0 bridgehead atoms. The summed E-state index contributed by atoms with van der Waals surface area (Å²) >= 11 is 0. The number of aromatic nitrogens is 1. The Hall–Kier alpha value is -4.04. The standard InChI is InChI=1S/C24H20FN3O4/c1-14-22-18(15(13-29)12-26-14)11-19(23(30)27-17-7-5-6-16(25)10-17)24(32-22)28-20-8-3-4-9-21(20)31-2/h3-12,29H,13H2,1-2H3,(H,27,30). The van der Waals surface area contributed by atoms with Crippen molar-refractivity contribution in [1.82, 2.24) is 4.98 Å². The molecule has 0 saturated heterocycles. The van der Waals surface area contributed by atoms with Crippen LogP contribution >= 0.6 is 0 Å². The Kier molecular flexibility index (Phi) is 5.96. The molecule has 0 aliphatic heterocycles. The topological polar surface area (TPSA) is 97.0 Å². The fraction of sp³-hybridized carbons (Fsp3) is 0.125. The minimum absolute atomic E-state index is 0.0240. The summed E-state index contributed by atoms with van der Waals surface area (Å²) in [5, 5.41) is 12.9. The molecule has 1 amide bonds. The van der Waals surface area contributed by atoms with Crippen molar-refractivity contribution in [3.8, 4) is 5.75 Å². The summed E-state index contributed by atoms with van der Waals surface area (Å²) < 4.78 is 25.0. The average Bonchev–Trinajstić information content (AvgIpc) is 2.79. The Morgan fingerprint density at radius 2 is 2.03 bits per heavy atom. The third-order valence-electron chi connectivity index (χ3n) is 4.86. The molecule has 2 aromatic heterocycles. The smallest absolute Gasteiger partial charge is 0.261 e. The van der Waals surface area contributed by atoms with Crippen LogP contribution in [0.4, 0.5) is 15.8 Å². The van der Waals surface area contributed by atoms with Gasteiger partial charge >= 0.3 is 0 Å². The van der Waals surface area contributed by atoms with E-state index in [4.69, 9.17) is 9.15 Å². The second-order valence-corrected chi connectivity index (χ2v) is 6.98. The molecule has 8 heteroatoms. The minimum atomic E-state index is -0.548. The van der Waals surface area contributed by atoms with Gasteiger partial charge in [-0.25, -0.2) is 9.38 Å². The number of hydrogen-bond donors (Lipinski definition) is 2. The number of ether oxygens (including phenoxy) is 1. The molecule has 2 aromatic carbocycles. The molecule has 0 unspecified atom stereocenters. The number of fused-ring (bicyclic) bond motifs is 1. The van der Waals surface area contributed by atoms with Crippen LogP contribution in [0.15, 0.2) is 70.2 Å². The van der Waals surface area contributed by atoms with Gasteiger partial charge in [0.2, 0.25) is 5.55 Å². The molecule has 0 aliphatic carbocycles. The molecule has 32 heavy (non-hydrogen) atoms. The number of methoxy groups -OCH3 is 1. The predicted molar refractivity (Wildman–Crippen MR) is 117 cm³/mol. The van der Waals surface area contributed by atoms with Crippen LogP contribution in [0, 0.1) is 12.7 Å². The number of rotatable bonds is 5. The Labute approximate surface area is 182 Å². The van der Waals surface area contributed by atoms with Gasteiger partial charge in [-0.05, 0) is 43.3 Å². The number of anilines is 1. The molecule has 4 aromatic rings. The Morgan fingerprint density at radius 1 is 1.22 bits per heavy atom. The van der Waals surface area contributed by atoms with E-state index in [-0.39, 0.29) is 23.4 Å². The van der Waals surface area contributed by atoms with Gasteiger partial charge in [0.15, 0.2) is 5.58 Å². The van der Waals surface area contributed by atoms with Crippen molar-refractivity contribution in [3.05, 3.63) is 89.0 Å². The van der Waals surface area contributed by atoms with Crippen LogP contribution in [0.1, 0.15) is 21.6 Å². The number of aliphatic hydroxyl groups is 1. The summed E-state index contributed by atoms with van der Waals surface area (Å²) in [7, 11) is 1.52. The van der Waals surface area contributed by atoms with Gasteiger partial charge < -0.3 is 19.6 Å². The number of nitrogens with one attached hydrogen (secondary N) is 1. The number of carbonyl (C=O) groups is 1. The van der Waals surface area contributed by atoms with E-state index >= 15 is 0 Å². The van der Waals surface area contributed by atoms with Gasteiger partial charge in [0.05, 0.1) is 19.4 Å². The Balaban J connectivity index is 1.95. The zero-order valence-electron chi connectivity index (χ0n) is 17.4. The molecule has 0 radical (unpaired) electrons. The van der Waals surface area contributed by atoms with Crippen LogP contribution in [0.25, 0.3) is 11.0 Å². The lowest BCUT2D eigenvalue weighted by atomic mass is 10.1. The number of amides is 1. The summed E-state index contributed by atoms with van der Waals surface area (Å²) in [6, 6.07) is 14.2. The molecule has 2 N–H and O–H groups in total. The number of aliphatic hydroxyl groups excluding tert-OH is 1. The lowest BCUT2D eigenvalue weighted by Crippen LogP contribution is -2.22. The highest BCUT2D eigenvalue weighted by molar-refractivity contribution is 6.05.